The number of thiazole rings is 1. The second kappa shape index (κ2) is 8.92. The molecule has 6 heteroatoms. The zero-order valence-electron chi connectivity index (χ0n) is 12.5. The van der Waals surface area contributed by atoms with E-state index in [0.29, 0.717) is 10.6 Å². The van der Waals surface area contributed by atoms with Crippen LogP contribution >= 0.6 is 11.3 Å². The first-order chi connectivity index (χ1) is 9.63. The van der Waals surface area contributed by atoms with Crippen molar-refractivity contribution in [2.24, 2.45) is 0 Å². The van der Waals surface area contributed by atoms with Crippen LogP contribution in [0.2, 0.25) is 0 Å². The fourth-order valence-electron chi connectivity index (χ4n) is 1.88. The van der Waals surface area contributed by atoms with Crippen molar-refractivity contribution in [1.82, 2.24) is 4.98 Å². The highest BCUT2D eigenvalue weighted by Gasteiger charge is 2.20. The number of rotatable bonds is 10. The van der Waals surface area contributed by atoms with E-state index in [1.165, 1.54) is 11.3 Å². The number of nitrogens with zero attached hydrogens (tertiary/aromatic N) is 2. The number of carboxylic acid groups (broad SMARTS) is 1. The summed E-state index contributed by atoms with van der Waals surface area (Å²) in [5, 5.41) is 10.0. The Morgan fingerprint density at radius 2 is 1.90 bits per heavy atom. The van der Waals surface area contributed by atoms with Crippen molar-refractivity contribution in [2.75, 3.05) is 25.1 Å². The molecule has 1 N–H and O–H groups in total. The molecule has 0 saturated heterocycles. The van der Waals surface area contributed by atoms with Crippen molar-refractivity contribution >= 4 is 22.4 Å². The summed E-state index contributed by atoms with van der Waals surface area (Å²) in [6, 6.07) is 0. The summed E-state index contributed by atoms with van der Waals surface area (Å²) in [5.41, 5.74) is 0.526. The topological polar surface area (TPSA) is 62.7 Å². The lowest BCUT2D eigenvalue weighted by atomic mass is 10.3. The van der Waals surface area contributed by atoms with Gasteiger partial charge in [0.05, 0.1) is 12.3 Å². The predicted octanol–water partition coefficient (Wildman–Crippen LogP) is 3.39. The number of aromatic carboxylic acids is 1. The Bertz CT molecular complexity index is 413. The highest BCUT2D eigenvalue weighted by molar-refractivity contribution is 7.17. The van der Waals surface area contributed by atoms with E-state index in [4.69, 9.17) is 4.74 Å². The van der Waals surface area contributed by atoms with E-state index in [1.54, 1.807) is 7.11 Å². The second-order valence-electron chi connectivity index (χ2n) is 4.70. The third-order valence-electron chi connectivity index (χ3n) is 3.00. The molecule has 0 aromatic carbocycles. The monoisotopic (exact) mass is 300 g/mol. The maximum atomic E-state index is 11.3. The molecule has 0 bridgehead atoms. The molecule has 0 atom stereocenters. The predicted molar refractivity (Wildman–Crippen MR) is 81.8 cm³/mol. The van der Waals surface area contributed by atoms with E-state index in [1.807, 2.05) is 0 Å². The summed E-state index contributed by atoms with van der Waals surface area (Å²) in [7, 11) is 1.55. The van der Waals surface area contributed by atoms with Crippen LogP contribution in [0, 0.1) is 0 Å². The quantitative estimate of drug-likeness (QED) is 0.717. The van der Waals surface area contributed by atoms with Gasteiger partial charge in [-0.3, -0.25) is 0 Å². The molecule has 0 aliphatic heterocycles. The molecule has 1 heterocycles. The first-order valence-electron chi connectivity index (χ1n) is 7.10. The average Bonchev–Trinajstić information content (AvgIpc) is 2.83. The van der Waals surface area contributed by atoms with Gasteiger partial charge in [-0.1, -0.05) is 38.0 Å². The molecule has 0 aliphatic rings. The fourth-order valence-corrected chi connectivity index (χ4v) is 2.84. The van der Waals surface area contributed by atoms with Gasteiger partial charge >= 0.3 is 5.97 Å². The van der Waals surface area contributed by atoms with Crippen LogP contribution in [0.15, 0.2) is 0 Å². The number of methoxy groups -OCH3 is 1. The van der Waals surface area contributed by atoms with Crippen molar-refractivity contribution in [1.29, 1.82) is 0 Å². The zero-order valence-corrected chi connectivity index (χ0v) is 13.3. The standard InChI is InChI=1S/C14H24N2O3S/c1-4-6-8-16(9-7-5-2)14-15-11(10-19-3)12(20-14)13(17)18/h4-10H2,1-3H3,(H,17,18). The molecule has 0 unspecified atom stereocenters. The number of carbonyl (C=O) groups is 1. The van der Waals surface area contributed by atoms with Gasteiger partial charge in [-0.15, -0.1) is 0 Å². The normalized spacial score (nSPS) is 10.8. The smallest absolute Gasteiger partial charge is 0.347 e. The molecule has 1 rings (SSSR count). The number of anilines is 1. The first kappa shape index (κ1) is 16.9. The summed E-state index contributed by atoms with van der Waals surface area (Å²) in [5.74, 6) is -0.924. The number of ether oxygens (including phenoxy) is 1. The number of carboxylic acids is 1. The third-order valence-corrected chi connectivity index (χ3v) is 4.14. The average molecular weight is 300 g/mol. The molecule has 1 aromatic rings. The molecule has 114 valence electrons. The molecular formula is C14H24N2O3S. The van der Waals surface area contributed by atoms with E-state index in [9.17, 15) is 9.90 Å². The molecule has 1 aromatic heterocycles. The van der Waals surface area contributed by atoms with Gasteiger partial charge in [0.1, 0.15) is 4.88 Å². The van der Waals surface area contributed by atoms with E-state index < -0.39 is 5.97 Å². The highest BCUT2D eigenvalue weighted by Crippen LogP contribution is 2.27. The molecule has 0 spiro atoms. The fraction of sp³-hybridized carbons (Fsp3) is 0.714. The lowest BCUT2D eigenvalue weighted by Crippen LogP contribution is -2.25. The van der Waals surface area contributed by atoms with Gasteiger partial charge in [0, 0.05) is 20.2 Å². The van der Waals surface area contributed by atoms with E-state index in [2.05, 4.69) is 23.7 Å². The van der Waals surface area contributed by atoms with Gasteiger partial charge in [0.2, 0.25) is 0 Å². The molecule has 0 saturated carbocycles. The van der Waals surface area contributed by atoms with Crippen molar-refractivity contribution in [3.05, 3.63) is 10.6 Å². The van der Waals surface area contributed by atoms with Crippen molar-refractivity contribution in [3.63, 3.8) is 0 Å². The highest BCUT2D eigenvalue weighted by atomic mass is 32.1. The summed E-state index contributed by atoms with van der Waals surface area (Å²) < 4.78 is 5.04. The van der Waals surface area contributed by atoms with Gasteiger partial charge in [-0.25, -0.2) is 9.78 Å². The van der Waals surface area contributed by atoms with Crippen molar-refractivity contribution in [3.8, 4) is 0 Å². The Morgan fingerprint density at radius 1 is 1.30 bits per heavy atom. The minimum atomic E-state index is -0.924. The van der Waals surface area contributed by atoms with Crippen LogP contribution in [-0.4, -0.2) is 36.3 Å². The number of aromatic nitrogens is 1. The Morgan fingerprint density at radius 3 is 2.35 bits per heavy atom. The molecule has 0 aliphatic carbocycles. The van der Waals surface area contributed by atoms with Crippen LogP contribution in [0.5, 0.6) is 0 Å². The van der Waals surface area contributed by atoms with Crippen molar-refractivity contribution < 1.29 is 14.6 Å². The molecule has 20 heavy (non-hydrogen) atoms. The molecule has 5 nitrogen and oxygen atoms in total. The lowest BCUT2D eigenvalue weighted by Gasteiger charge is -2.21. The Labute approximate surface area is 124 Å². The van der Waals surface area contributed by atoms with Crippen LogP contribution < -0.4 is 4.90 Å². The van der Waals surface area contributed by atoms with Crippen LogP contribution in [0.3, 0.4) is 0 Å². The summed E-state index contributed by atoms with van der Waals surface area (Å²) in [6.45, 7) is 6.40. The van der Waals surface area contributed by atoms with Gasteiger partial charge in [0.15, 0.2) is 5.13 Å². The third kappa shape index (κ3) is 4.76. The minimum Gasteiger partial charge on any atom is -0.477 e. The lowest BCUT2D eigenvalue weighted by molar-refractivity contribution is 0.0697. The number of hydrogen-bond donors (Lipinski definition) is 1. The zero-order chi connectivity index (χ0) is 15.0. The minimum absolute atomic E-state index is 0.244. The van der Waals surface area contributed by atoms with Gasteiger partial charge < -0.3 is 14.7 Å². The Kier molecular flexibility index (Phi) is 7.54. The summed E-state index contributed by atoms with van der Waals surface area (Å²) in [4.78, 5) is 18.2. The van der Waals surface area contributed by atoms with Gasteiger partial charge in [-0.05, 0) is 12.8 Å². The second-order valence-corrected chi connectivity index (χ2v) is 5.68. The van der Waals surface area contributed by atoms with Gasteiger partial charge in [-0.2, -0.15) is 0 Å². The molecular weight excluding hydrogens is 276 g/mol. The van der Waals surface area contributed by atoms with Crippen LogP contribution in [-0.2, 0) is 11.3 Å². The molecule has 0 radical (unpaired) electrons. The van der Waals surface area contributed by atoms with Crippen molar-refractivity contribution in [2.45, 2.75) is 46.1 Å². The first-order valence-corrected chi connectivity index (χ1v) is 7.92. The van der Waals surface area contributed by atoms with Crippen LogP contribution in [0.1, 0.15) is 54.9 Å². The van der Waals surface area contributed by atoms with Crippen LogP contribution in [0.25, 0.3) is 0 Å². The largest absolute Gasteiger partial charge is 0.477 e. The number of hydrogen-bond acceptors (Lipinski definition) is 5. The molecule has 0 amide bonds. The van der Waals surface area contributed by atoms with Crippen LogP contribution in [0.4, 0.5) is 5.13 Å². The summed E-state index contributed by atoms with van der Waals surface area (Å²) >= 11 is 1.25. The maximum Gasteiger partial charge on any atom is 0.347 e. The van der Waals surface area contributed by atoms with E-state index >= 15 is 0 Å². The summed E-state index contributed by atoms with van der Waals surface area (Å²) in [6.07, 6.45) is 4.41. The molecule has 0 fully saturated rings. The Hall–Kier alpha value is -1.14. The number of unbranched alkanes of at least 4 members (excludes halogenated alkanes) is 2. The van der Waals surface area contributed by atoms with E-state index in [-0.39, 0.29) is 6.61 Å². The van der Waals surface area contributed by atoms with E-state index in [0.717, 1.165) is 43.9 Å². The maximum absolute atomic E-state index is 11.3. The SMILES string of the molecule is CCCCN(CCCC)c1nc(COC)c(C(=O)O)s1. The van der Waals surface area contributed by atoms with Gasteiger partial charge in [0.25, 0.3) is 0 Å². The Balaban J connectivity index is 2.93.